The molecule has 0 unspecified atom stereocenters. The summed E-state index contributed by atoms with van der Waals surface area (Å²) in [5.41, 5.74) is 6.01. The third kappa shape index (κ3) is 3.51. The zero-order valence-electron chi connectivity index (χ0n) is 12.0. The lowest BCUT2D eigenvalue weighted by Crippen LogP contribution is -2.52. The number of aliphatic hydroxyl groups excluding tert-OH is 1. The van der Waals surface area contributed by atoms with Gasteiger partial charge < -0.3 is 10.8 Å². The maximum absolute atomic E-state index is 12.5. The lowest BCUT2D eigenvalue weighted by molar-refractivity contribution is 0.142. The van der Waals surface area contributed by atoms with Gasteiger partial charge in [0.15, 0.2) is 0 Å². The zero-order chi connectivity index (χ0) is 15.7. The Bertz CT molecular complexity index is 602. The molecule has 0 saturated heterocycles. The predicted octanol–water partition coefficient (Wildman–Crippen LogP) is 2.20. The quantitative estimate of drug-likeness (QED) is 0.737. The highest BCUT2D eigenvalue weighted by atomic mass is 35.5. The summed E-state index contributed by atoms with van der Waals surface area (Å²) in [7, 11) is -3.77. The summed E-state index contributed by atoms with van der Waals surface area (Å²) in [5, 5.41) is 9.94. The molecule has 0 heterocycles. The molecule has 118 valence electrons. The number of nitrogen functional groups attached to an aromatic ring is 1. The number of sulfonamides is 1. The molecule has 1 fully saturated rings. The number of aliphatic hydroxyl groups is 1. The Kier molecular flexibility index (Phi) is 4.82. The molecule has 0 amide bonds. The number of nitrogens with one attached hydrogen (secondary N) is 1. The van der Waals surface area contributed by atoms with E-state index < -0.39 is 15.6 Å². The Balaban J connectivity index is 2.33. The Labute approximate surface area is 130 Å². The first-order chi connectivity index (χ1) is 9.80. The van der Waals surface area contributed by atoms with Gasteiger partial charge in [0.1, 0.15) is 0 Å². The van der Waals surface area contributed by atoms with E-state index in [2.05, 4.69) is 4.72 Å². The van der Waals surface area contributed by atoms with E-state index in [1.54, 1.807) is 6.92 Å². The molecule has 1 aliphatic rings. The first-order valence-electron chi connectivity index (χ1n) is 7.00. The van der Waals surface area contributed by atoms with Crippen molar-refractivity contribution < 1.29 is 13.5 Å². The molecular weight excluding hydrogens is 312 g/mol. The normalized spacial score (nSPS) is 18.6. The van der Waals surface area contributed by atoms with Crippen molar-refractivity contribution in [3.05, 3.63) is 22.7 Å². The minimum absolute atomic E-state index is 0.0361. The summed E-state index contributed by atoms with van der Waals surface area (Å²) < 4.78 is 27.7. The maximum Gasteiger partial charge on any atom is 0.241 e. The van der Waals surface area contributed by atoms with Gasteiger partial charge in [-0.2, -0.15) is 0 Å². The minimum Gasteiger partial charge on any atom is -0.398 e. The second-order valence-electron chi connectivity index (χ2n) is 5.72. The molecule has 5 nitrogen and oxygen atoms in total. The largest absolute Gasteiger partial charge is 0.398 e. The number of rotatable bonds is 4. The molecule has 1 aromatic rings. The van der Waals surface area contributed by atoms with Crippen LogP contribution in [0.3, 0.4) is 0 Å². The van der Waals surface area contributed by atoms with Gasteiger partial charge in [-0.25, -0.2) is 13.1 Å². The van der Waals surface area contributed by atoms with Crippen LogP contribution in [0.4, 0.5) is 5.69 Å². The Morgan fingerprint density at radius 2 is 1.95 bits per heavy atom. The van der Waals surface area contributed by atoms with Crippen molar-refractivity contribution in [2.45, 2.75) is 49.5 Å². The molecule has 1 aromatic carbocycles. The summed E-state index contributed by atoms with van der Waals surface area (Å²) >= 11 is 6.01. The topological polar surface area (TPSA) is 92.4 Å². The smallest absolute Gasteiger partial charge is 0.241 e. The van der Waals surface area contributed by atoms with E-state index in [1.165, 1.54) is 12.1 Å². The fraction of sp³-hybridized carbons (Fsp3) is 0.571. The van der Waals surface area contributed by atoms with E-state index in [1.807, 2.05) is 0 Å². The molecule has 2 rings (SSSR count). The van der Waals surface area contributed by atoms with E-state index in [0.29, 0.717) is 29.1 Å². The van der Waals surface area contributed by atoms with Crippen molar-refractivity contribution >= 4 is 27.3 Å². The highest BCUT2D eigenvalue weighted by molar-refractivity contribution is 7.89. The van der Waals surface area contributed by atoms with Crippen molar-refractivity contribution in [3.8, 4) is 0 Å². The molecule has 0 atom stereocenters. The van der Waals surface area contributed by atoms with Crippen LogP contribution >= 0.6 is 11.6 Å². The molecule has 21 heavy (non-hydrogen) atoms. The van der Waals surface area contributed by atoms with Gasteiger partial charge in [0.2, 0.25) is 10.0 Å². The average Bonchev–Trinajstić information content (AvgIpc) is 2.44. The molecule has 0 bridgehead atoms. The number of benzene rings is 1. The molecule has 0 aromatic heterocycles. The third-order valence-electron chi connectivity index (χ3n) is 4.13. The number of nitrogens with two attached hydrogens (primary N) is 1. The second kappa shape index (κ2) is 6.12. The first-order valence-corrected chi connectivity index (χ1v) is 8.86. The van der Waals surface area contributed by atoms with Gasteiger partial charge in [-0.15, -0.1) is 0 Å². The lowest BCUT2D eigenvalue weighted by atomic mass is 9.83. The maximum atomic E-state index is 12.5. The van der Waals surface area contributed by atoms with E-state index in [4.69, 9.17) is 17.3 Å². The zero-order valence-corrected chi connectivity index (χ0v) is 13.6. The van der Waals surface area contributed by atoms with E-state index in [-0.39, 0.29) is 11.5 Å². The predicted molar refractivity (Wildman–Crippen MR) is 83.8 cm³/mol. The van der Waals surface area contributed by atoms with Crippen LogP contribution in [0.2, 0.25) is 5.02 Å². The molecule has 7 heteroatoms. The molecular formula is C14H21ClN2O3S. The van der Waals surface area contributed by atoms with Crippen LogP contribution in [0, 0.1) is 6.92 Å². The third-order valence-corrected chi connectivity index (χ3v) is 6.08. The van der Waals surface area contributed by atoms with Crippen molar-refractivity contribution in [1.29, 1.82) is 0 Å². The van der Waals surface area contributed by atoms with Crippen LogP contribution in [0.15, 0.2) is 17.0 Å². The molecule has 0 radical (unpaired) electrons. The van der Waals surface area contributed by atoms with Crippen LogP contribution in [-0.4, -0.2) is 25.7 Å². The molecule has 1 saturated carbocycles. The van der Waals surface area contributed by atoms with Crippen molar-refractivity contribution in [2.24, 2.45) is 0 Å². The number of anilines is 1. The second-order valence-corrected chi connectivity index (χ2v) is 7.81. The van der Waals surface area contributed by atoms with Crippen molar-refractivity contribution in [2.75, 3.05) is 12.3 Å². The molecule has 0 aliphatic heterocycles. The SMILES string of the molecule is Cc1c(N)cc(S(=O)(=O)NC2(CO)CCCCC2)cc1Cl. The van der Waals surface area contributed by atoms with Crippen LogP contribution in [0.25, 0.3) is 0 Å². The average molecular weight is 333 g/mol. The summed E-state index contributed by atoms with van der Waals surface area (Å²) in [6, 6.07) is 2.79. The summed E-state index contributed by atoms with van der Waals surface area (Å²) in [4.78, 5) is 0.0361. The van der Waals surface area contributed by atoms with Crippen molar-refractivity contribution in [3.63, 3.8) is 0 Å². The van der Waals surface area contributed by atoms with Crippen LogP contribution in [0.1, 0.15) is 37.7 Å². The van der Waals surface area contributed by atoms with Gasteiger partial charge in [-0.05, 0) is 37.5 Å². The van der Waals surface area contributed by atoms with Crippen molar-refractivity contribution in [1.82, 2.24) is 4.72 Å². The van der Waals surface area contributed by atoms with Gasteiger partial charge in [0.25, 0.3) is 0 Å². The Morgan fingerprint density at radius 3 is 2.48 bits per heavy atom. The number of halogens is 1. The summed E-state index contributed by atoms with van der Waals surface area (Å²) in [6.45, 7) is 1.53. The van der Waals surface area contributed by atoms with Crippen LogP contribution < -0.4 is 10.5 Å². The van der Waals surface area contributed by atoms with E-state index in [0.717, 1.165) is 19.3 Å². The summed E-state index contributed by atoms with van der Waals surface area (Å²) in [6.07, 6.45) is 4.14. The number of hydrogen-bond acceptors (Lipinski definition) is 4. The summed E-state index contributed by atoms with van der Waals surface area (Å²) in [5.74, 6) is 0. The minimum atomic E-state index is -3.77. The monoisotopic (exact) mass is 332 g/mol. The van der Waals surface area contributed by atoms with Crippen LogP contribution in [-0.2, 0) is 10.0 Å². The van der Waals surface area contributed by atoms with Gasteiger partial charge in [0.05, 0.1) is 17.0 Å². The highest BCUT2D eigenvalue weighted by Crippen LogP contribution is 2.31. The highest BCUT2D eigenvalue weighted by Gasteiger charge is 2.36. The van der Waals surface area contributed by atoms with Gasteiger partial charge in [0, 0.05) is 10.7 Å². The van der Waals surface area contributed by atoms with Gasteiger partial charge >= 0.3 is 0 Å². The Morgan fingerprint density at radius 1 is 1.33 bits per heavy atom. The lowest BCUT2D eigenvalue weighted by Gasteiger charge is -2.36. The Hall–Kier alpha value is -0.820. The standard InChI is InChI=1S/C14H21ClN2O3S/c1-10-12(15)7-11(8-13(10)16)21(19,20)17-14(9-18)5-3-2-4-6-14/h7-8,17-18H,2-6,9,16H2,1H3. The fourth-order valence-corrected chi connectivity index (χ4v) is 4.50. The molecule has 4 N–H and O–H groups in total. The number of hydrogen-bond donors (Lipinski definition) is 3. The van der Waals surface area contributed by atoms with Gasteiger partial charge in [-0.1, -0.05) is 30.9 Å². The van der Waals surface area contributed by atoms with E-state index >= 15 is 0 Å². The molecule has 0 spiro atoms. The van der Waals surface area contributed by atoms with Gasteiger partial charge in [-0.3, -0.25) is 0 Å². The fourth-order valence-electron chi connectivity index (χ4n) is 2.69. The van der Waals surface area contributed by atoms with Crippen LogP contribution in [0.5, 0.6) is 0 Å². The van der Waals surface area contributed by atoms with E-state index in [9.17, 15) is 13.5 Å². The first kappa shape index (κ1) is 16.5. The molecule has 1 aliphatic carbocycles.